The number of hydrogen-bond acceptors (Lipinski definition) is 4. The predicted octanol–water partition coefficient (Wildman–Crippen LogP) is 0.729. The summed E-state index contributed by atoms with van der Waals surface area (Å²) in [7, 11) is 0. The smallest absolute Gasteiger partial charge is 0.170 e. The van der Waals surface area contributed by atoms with Crippen molar-refractivity contribution in [3.05, 3.63) is 29.0 Å². The van der Waals surface area contributed by atoms with Crippen molar-refractivity contribution in [3.8, 4) is 0 Å². The fraction of sp³-hybridized carbons (Fsp3) is 0.625. The van der Waals surface area contributed by atoms with Crippen molar-refractivity contribution in [3.63, 3.8) is 0 Å². The monoisotopic (exact) mass is 324 g/mol. The van der Waals surface area contributed by atoms with E-state index in [4.69, 9.17) is 11.6 Å². The van der Waals surface area contributed by atoms with Crippen LogP contribution in [0.1, 0.15) is 18.4 Å². The first-order valence-electron chi connectivity index (χ1n) is 8.17. The summed E-state index contributed by atoms with van der Waals surface area (Å²) in [6.07, 6.45) is 6.24. The van der Waals surface area contributed by atoms with Gasteiger partial charge in [-0.2, -0.15) is 0 Å². The third kappa shape index (κ3) is 7.31. The first-order chi connectivity index (χ1) is 10.8. The minimum atomic E-state index is 0.545. The molecule has 1 saturated heterocycles. The molecule has 3 N–H and O–H groups in total. The highest BCUT2D eigenvalue weighted by Gasteiger charge is 2.06. The fourth-order valence-corrected chi connectivity index (χ4v) is 2.65. The zero-order valence-electron chi connectivity index (χ0n) is 13.2. The van der Waals surface area contributed by atoms with E-state index in [-0.39, 0.29) is 0 Å². The summed E-state index contributed by atoms with van der Waals surface area (Å²) in [6, 6.07) is 3.90. The fourth-order valence-electron chi connectivity index (χ4n) is 2.47. The third-order valence-corrected chi connectivity index (χ3v) is 3.85. The van der Waals surface area contributed by atoms with E-state index in [2.05, 4.69) is 31.7 Å². The minimum Gasteiger partial charge on any atom is -0.315 e. The average Bonchev–Trinajstić information content (AvgIpc) is 2.51. The molecule has 0 amide bonds. The standard InChI is InChI=1S/C16H27ClN5/c17-16-13-15(3-7-21-16)14-22-11-2-6-19-9-8-18-4-1-5-20-10-12-22/h3,7,13-14,18-20H,1-2,4-6,8-12H2/q+1. The third-order valence-electron chi connectivity index (χ3n) is 3.64. The van der Waals surface area contributed by atoms with Crippen molar-refractivity contribution in [2.24, 2.45) is 0 Å². The molecule has 0 bridgehead atoms. The maximum Gasteiger partial charge on any atom is 0.170 e. The van der Waals surface area contributed by atoms with Crippen LogP contribution in [0.15, 0.2) is 18.3 Å². The molecular weight excluding hydrogens is 298 g/mol. The van der Waals surface area contributed by atoms with E-state index in [1.54, 1.807) is 6.20 Å². The van der Waals surface area contributed by atoms with Crippen LogP contribution in [-0.4, -0.2) is 68.1 Å². The van der Waals surface area contributed by atoms with Gasteiger partial charge in [0.15, 0.2) is 12.8 Å². The van der Waals surface area contributed by atoms with Crippen molar-refractivity contribution in [1.82, 2.24) is 20.9 Å². The number of pyridine rings is 1. The summed E-state index contributed by atoms with van der Waals surface area (Å²) in [5.41, 5.74) is 1.11. The second-order valence-electron chi connectivity index (χ2n) is 5.53. The molecule has 0 spiro atoms. The van der Waals surface area contributed by atoms with E-state index in [0.717, 1.165) is 64.3 Å². The van der Waals surface area contributed by atoms with Gasteiger partial charge in [0, 0.05) is 37.8 Å². The number of nitrogens with zero attached hydrogens (tertiary/aromatic N) is 2. The zero-order chi connectivity index (χ0) is 15.5. The van der Waals surface area contributed by atoms with Crippen LogP contribution in [0.3, 0.4) is 0 Å². The van der Waals surface area contributed by atoms with E-state index in [9.17, 15) is 0 Å². The summed E-state index contributed by atoms with van der Waals surface area (Å²) in [5, 5.41) is 11.0. The largest absolute Gasteiger partial charge is 0.315 e. The van der Waals surface area contributed by atoms with Crippen molar-refractivity contribution >= 4 is 17.8 Å². The van der Waals surface area contributed by atoms with Gasteiger partial charge < -0.3 is 16.0 Å². The molecule has 2 rings (SSSR count). The summed E-state index contributed by atoms with van der Waals surface area (Å²) in [4.78, 5) is 4.03. The molecule has 1 aromatic heterocycles. The van der Waals surface area contributed by atoms with Gasteiger partial charge in [-0.15, -0.1) is 0 Å². The van der Waals surface area contributed by atoms with Gasteiger partial charge >= 0.3 is 0 Å². The zero-order valence-corrected chi connectivity index (χ0v) is 13.9. The average molecular weight is 325 g/mol. The quantitative estimate of drug-likeness (QED) is 0.526. The molecule has 0 atom stereocenters. The predicted molar refractivity (Wildman–Crippen MR) is 92.3 cm³/mol. The van der Waals surface area contributed by atoms with Crippen LogP contribution >= 0.6 is 11.6 Å². The molecule has 0 radical (unpaired) electrons. The number of rotatable bonds is 1. The lowest BCUT2D eigenvalue weighted by Crippen LogP contribution is -2.34. The van der Waals surface area contributed by atoms with Crippen LogP contribution in [-0.2, 0) is 0 Å². The Morgan fingerprint density at radius 3 is 2.45 bits per heavy atom. The molecule has 0 aliphatic carbocycles. The SMILES string of the molecule is Clc1cc(C=[N+]2CCCNCCNCCCNCC2)ccn1. The van der Waals surface area contributed by atoms with Gasteiger partial charge in [0.1, 0.15) is 11.7 Å². The Hall–Kier alpha value is -1.01. The Labute approximate surface area is 138 Å². The highest BCUT2D eigenvalue weighted by molar-refractivity contribution is 6.29. The molecule has 122 valence electrons. The Morgan fingerprint density at radius 1 is 0.955 bits per heavy atom. The molecule has 1 fully saturated rings. The van der Waals surface area contributed by atoms with Crippen LogP contribution in [0.5, 0.6) is 0 Å². The molecule has 1 aliphatic rings. The van der Waals surface area contributed by atoms with E-state index >= 15 is 0 Å². The number of nitrogens with one attached hydrogen (secondary N) is 3. The molecule has 0 aromatic carbocycles. The van der Waals surface area contributed by atoms with Gasteiger partial charge in [0.25, 0.3) is 0 Å². The van der Waals surface area contributed by atoms with Crippen molar-refractivity contribution in [1.29, 1.82) is 0 Å². The van der Waals surface area contributed by atoms with Gasteiger partial charge in [0.05, 0.1) is 6.54 Å². The van der Waals surface area contributed by atoms with Crippen molar-refractivity contribution in [2.45, 2.75) is 12.8 Å². The lowest BCUT2D eigenvalue weighted by molar-refractivity contribution is -0.521. The molecule has 0 unspecified atom stereocenters. The Morgan fingerprint density at radius 2 is 1.68 bits per heavy atom. The van der Waals surface area contributed by atoms with E-state index in [1.807, 2.05) is 12.1 Å². The molecule has 6 heteroatoms. The van der Waals surface area contributed by atoms with Gasteiger partial charge in [-0.25, -0.2) is 9.56 Å². The lowest BCUT2D eigenvalue weighted by atomic mass is 10.3. The number of halogens is 1. The summed E-state index contributed by atoms with van der Waals surface area (Å²) in [5.74, 6) is 0. The molecule has 2 heterocycles. The van der Waals surface area contributed by atoms with Gasteiger partial charge in [0.2, 0.25) is 0 Å². The maximum absolute atomic E-state index is 5.96. The Kier molecular flexibility index (Phi) is 8.41. The van der Waals surface area contributed by atoms with Gasteiger partial charge in [-0.05, 0) is 31.6 Å². The molecule has 5 nitrogen and oxygen atoms in total. The number of aromatic nitrogens is 1. The van der Waals surface area contributed by atoms with Gasteiger partial charge in [-0.3, -0.25) is 0 Å². The van der Waals surface area contributed by atoms with E-state index < -0.39 is 0 Å². The van der Waals surface area contributed by atoms with Crippen molar-refractivity contribution < 1.29 is 4.58 Å². The second-order valence-corrected chi connectivity index (χ2v) is 5.92. The summed E-state index contributed by atoms with van der Waals surface area (Å²) < 4.78 is 2.37. The topological polar surface area (TPSA) is 52.0 Å². The van der Waals surface area contributed by atoms with Crippen LogP contribution in [0.2, 0.25) is 5.15 Å². The van der Waals surface area contributed by atoms with Crippen LogP contribution in [0.25, 0.3) is 0 Å². The van der Waals surface area contributed by atoms with Crippen molar-refractivity contribution in [2.75, 3.05) is 52.4 Å². The highest BCUT2D eigenvalue weighted by atomic mass is 35.5. The van der Waals surface area contributed by atoms with E-state index in [0.29, 0.717) is 5.15 Å². The molecule has 1 aromatic rings. The molecule has 0 saturated carbocycles. The maximum atomic E-state index is 5.96. The van der Waals surface area contributed by atoms with Crippen LogP contribution in [0.4, 0.5) is 0 Å². The molecule has 1 aliphatic heterocycles. The first kappa shape index (κ1) is 17.3. The second kappa shape index (κ2) is 10.7. The van der Waals surface area contributed by atoms with Crippen LogP contribution in [0, 0.1) is 0 Å². The molecular formula is C16H27ClN5+. The lowest BCUT2D eigenvalue weighted by Gasteiger charge is -2.10. The summed E-state index contributed by atoms with van der Waals surface area (Å²) >= 11 is 5.96. The summed E-state index contributed by atoms with van der Waals surface area (Å²) in [6.45, 7) is 8.34. The Balaban J connectivity index is 1.92. The molecule has 22 heavy (non-hydrogen) atoms. The van der Waals surface area contributed by atoms with Gasteiger partial charge in [-0.1, -0.05) is 11.6 Å². The normalized spacial score (nSPS) is 21.4. The van der Waals surface area contributed by atoms with E-state index in [1.165, 1.54) is 6.42 Å². The Bertz CT molecular complexity index is 448. The number of hydrogen-bond donors (Lipinski definition) is 3. The minimum absolute atomic E-state index is 0.545. The van der Waals surface area contributed by atoms with Crippen LogP contribution < -0.4 is 16.0 Å². The first-order valence-corrected chi connectivity index (χ1v) is 8.55. The highest BCUT2D eigenvalue weighted by Crippen LogP contribution is 2.04.